The van der Waals surface area contributed by atoms with E-state index in [-0.39, 0.29) is 18.0 Å². The predicted molar refractivity (Wildman–Crippen MR) is 91.3 cm³/mol. The molecule has 0 radical (unpaired) electrons. The number of hydrogen-bond donors (Lipinski definition) is 2. The van der Waals surface area contributed by atoms with Crippen LogP contribution < -0.4 is 11.1 Å². The second-order valence-electron chi connectivity index (χ2n) is 5.75. The molecule has 1 saturated heterocycles. The average Bonchev–Trinajstić information content (AvgIpc) is 2.56. The van der Waals surface area contributed by atoms with E-state index in [0.717, 1.165) is 18.4 Å². The lowest BCUT2D eigenvalue weighted by molar-refractivity contribution is 0.0963. The Bertz CT molecular complexity index is 571. The molecule has 0 saturated carbocycles. The molecule has 3 N–H and O–H groups in total. The summed E-state index contributed by atoms with van der Waals surface area (Å²) in [5.74, 6) is 0.150. The molecule has 1 aromatic carbocycles. The van der Waals surface area contributed by atoms with Crippen LogP contribution in [0.3, 0.4) is 0 Å². The number of nitrogens with one attached hydrogen (secondary N) is 1. The van der Waals surface area contributed by atoms with Gasteiger partial charge in [0.05, 0.1) is 6.61 Å². The van der Waals surface area contributed by atoms with Crippen LogP contribution in [-0.4, -0.2) is 49.2 Å². The maximum absolute atomic E-state index is 13.1. The van der Waals surface area contributed by atoms with Gasteiger partial charge in [0.25, 0.3) is 0 Å². The lowest BCUT2D eigenvalue weighted by Gasteiger charge is -2.31. The molecular weight excluding hydrogens is 311 g/mol. The summed E-state index contributed by atoms with van der Waals surface area (Å²) in [5.41, 5.74) is 6.80. The third-order valence-electron chi connectivity index (χ3n) is 3.94. The van der Waals surface area contributed by atoms with Gasteiger partial charge in [-0.3, -0.25) is 4.99 Å². The first-order valence-electron chi connectivity index (χ1n) is 8.31. The van der Waals surface area contributed by atoms with Crippen molar-refractivity contribution in [2.24, 2.45) is 10.7 Å². The Labute approximate surface area is 141 Å². The monoisotopic (exact) mass is 336 g/mol. The fraction of sp³-hybridized carbons (Fsp3) is 0.529. The Morgan fingerprint density at radius 1 is 1.46 bits per heavy atom. The molecule has 0 bridgehead atoms. The van der Waals surface area contributed by atoms with Crippen LogP contribution in [-0.2, 0) is 11.2 Å². The van der Waals surface area contributed by atoms with Gasteiger partial charge in [-0.15, -0.1) is 0 Å². The summed E-state index contributed by atoms with van der Waals surface area (Å²) in [5, 5.41) is 3.18. The first-order chi connectivity index (χ1) is 11.6. The molecule has 0 unspecified atom stereocenters. The van der Waals surface area contributed by atoms with Crippen molar-refractivity contribution in [3.05, 3.63) is 35.6 Å². The van der Waals surface area contributed by atoms with Gasteiger partial charge in [-0.1, -0.05) is 12.1 Å². The molecule has 24 heavy (non-hydrogen) atoms. The average molecular weight is 336 g/mol. The van der Waals surface area contributed by atoms with Crippen LogP contribution in [0.15, 0.2) is 29.3 Å². The van der Waals surface area contributed by atoms with E-state index in [1.165, 1.54) is 12.1 Å². The van der Waals surface area contributed by atoms with Gasteiger partial charge in [0.15, 0.2) is 5.96 Å². The SMILES string of the molecule is CCOC(=O)N1CCC(NC(N)=NCCc2cccc(F)c2)CC1. The molecule has 1 amide bonds. The number of carbonyl (C=O) groups is 1. The number of benzene rings is 1. The molecule has 1 aliphatic heterocycles. The van der Waals surface area contributed by atoms with Gasteiger partial charge in [0.2, 0.25) is 0 Å². The number of amides is 1. The van der Waals surface area contributed by atoms with Crippen molar-refractivity contribution in [1.82, 2.24) is 10.2 Å². The summed E-state index contributed by atoms with van der Waals surface area (Å²) in [6.45, 7) is 3.99. The van der Waals surface area contributed by atoms with Crippen molar-refractivity contribution in [1.29, 1.82) is 0 Å². The van der Waals surface area contributed by atoms with E-state index < -0.39 is 0 Å². The minimum Gasteiger partial charge on any atom is -0.450 e. The number of aliphatic imine (C=N–C) groups is 1. The number of likely N-dealkylation sites (tertiary alicyclic amines) is 1. The van der Waals surface area contributed by atoms with Crippen molar-refractivity contribution in [2.75, 3.05) is 26.2 Å². The molecule has 7 heteroatoms. The van der Waals surface area contributed by atoms with Crippen molar-refractivity contribution >= 4 is 12.1 Å². The summed E-state index contributed by atoms with van der Waals surface area (Å²) < 4.78 is 18.1. The maximum atomic E-state index is 13.1. The van der Waals surface area contributed by atoms with Crippen LogP contribution in [0, 0.1) is 5.82 Å². The Balaban J connectivity index is 1.71. The van der Waals surface area contributed by atoms with Crippen molar-refractivity contribution in [2.45, 2.75) is 32.2 Å². The normalized spacial score (nSPS) is 16.1. The number of guanidine groups is 1. The second-order valence-corrected chi connectivity index (χ2v) is 5.75. The van der Waals surface area contributed by atoms with Gasteiger partial charge in [0, 0.05) is 25.7 Å². The fourth-order valence-electron chi connectivity index (χ4n) is 2.67. The Morgan fingerprint density at radius 3 is 2.88 bits per heavy atom. The first kappa shape index (κ1) is 18.0. The lowest BCUT2D eigenvalue weighted by Crippen LogP contribution is -2.48. The number of rotatable bonds is 5. The van der Waals surface area contributed by atoms with Crippen molar-refractivity contribution in [3.8, 4) is 0 Å². The van der Waals surface area contributed by atoms with E-state index in [2.05, 4.69) is 10.3 Å². The van der Waals surface area contributed by atoms with E-state index in [1.54, 1.807) is 17.9 Å². The molecule has 2 rings (SSSR count). The van der Waals surface area contributed by atoms with E-state index in [4.69, 9.17) is 10.5 Å². The summed E-state index contributed by atoms with van der Waals surface area (Å²) in [4.78, 5) is 17.6. The molecule has 1 heterocycles. The van der Waals surface area contributed by atoms with Crippen molar-refractivity contribution < 1.29 is 13.9 Å². The second kappa shape index (κ2) is 9.10. The number of halogens is 1. The molecule has 0 spiro atoms. The highest BCUT2D eigenvalue weighted by Crippen LogP contribution is 2.11. The zero-order chi connectivity index (χ0) is 17.4. The standard InChI is InChI=1S/C17H25FN4O2/c1-2-24-17(23)22-10-7-15(8-11-22)21-16(19)20-9-6-13-4-3-5-14(18)12-13/h3-5,12,15H,2,6-11H2,1H3,(H3,19,20,21). The molecule has 1 fully saturated rings. The van der Waals surface area contributed by atoms with Gasteiger partial charge < -0.3 is 20.7 Å². The summed E-state index contributed by atoms with van der Waals surface area (Å²) in [6, 6.07) is 6.68. The summed E-state index contributed by atoms with van der Waals surface area (Å²) in [7, 11) is 0. The number of nitrogens with two attached hydrogens (primary N) is 1. The van der Waals surface area contributed by atoms with Crippen LogP contribution in [0.2, 0.25) is 0 Å². The molecule has 1 aliphatic rings. The maximum Gasteiger partial charge on any atom is 0.409 e. The van der Waals surface area contributed by atoms with E-state index >= 15 is 0 Å². The van der Waals surface area contributed by atoms with Gasteiger partial charge in [-0.25, -0.2) is 9.18 Å². The third kappa shape index (κ3) is 5.72. The fourth-order valence-corrected chi connectivity index (χ4v) is 2.67. The zero-order valence-electron chi connectivity index (χ0n) is 14.0. The Kier molecular flexibility index (Phi) is 6.84. The van der Waals surface area contributed by atoms with Crippen LogP contribution in [0.5, 0.6) is 0 Å². The first-order valence-corrected chi connectivity index (χ1v) is 8.31. The number of nitrogens with zero attached hydrogens (tertiary/aromatic N) is 2. The van der Waals surface area contributed by atoms with Crippen LogP contribution >= 0.6 is 0 Å². The predicted octanol–water partition coefficient (Wildman–Crippen LogP) is 1.89. The molecule has 132 valence electrons. The Morgan fingerprint density at radius 2 is 2.21 bits per heavy atom. The number of piperidine rings is 1. The van der Waals surface area contributed by atoms with Gasteiger partial charge >= 0.3 is 6.09 Å². The molecule has 0 aromatic heterocycles. The zero-order valence-corrected chi connectivity index (χ0v) is 14.0. The number of hydrogen-bond acceptors (Lipinski definition) is 3. The quantitative estimate of drug-likeness (QED) is 0.636. The van der Waals surface area contributed by atoms with Crippen LogP contribution in [0.4, 0.5) is 9.18 Å². The van der Waals surface area contributed by atoms with Crippen LogP contribution in [0.25, 0.3) is 0 Å². The minimum absolute atomic E-state index is 0.202. The van der Waals surface area contributed by atoms with Gasteiger partial charge in [0.1, 0.15) is 5.82 Å². The minimum atomic E-state index is -0.257. The molecule has 1 aromatic rings. The summed E-state index contributed by atoms with van der Waals surface area (Å²) in [6.07, 6.45) is 1.99. The van der Waals surface area contributed by atoms with E-state index in [9.17, 15) is 9.18 Å². The lowest BCUT2D eigenvalue weighted by atomic mass is 10.1. The van der Waals surface area contributed by atoms with E-state index in [1.807, 2.05) is 6.07 Å². The van der Waals surface area contributed by atoms with Gasteiger partial charge in [-0.2, -0.15) is 0 Å². The van der Waals surface area contributed by atoms with Crippen molar-refractivity contribution in [3.63, 3.8) is 0 Å². The largest absolute Gasteiger partial charge is 0.450 e. The van der Waals surface area contributed by atoms with E-state index in [0.29, 0.717) is 38.6 Å². The highest BCUT2D eigenvalue weighted by Gasteiger charge is 2.23. The smallest absolute Gasteiger partial charge is 0.409 e. The molecule has 6 nitrogen and oxygen atoms in total. The molecular formula is C17H25FN4O2. The highest BCUT2D eigenvalue weighted by molar-refractivity contribution is 5.78. The summed E-state index contributed by atoms with van der Waals surface area (Å²) >= 11 is 0. The third-order valence-corrected chi connectivity index (χ3v) is 3.94. The van der Waals surface area contributed by atoms with Gasteiger partial charge in [-0.05, 0) is 43.9 Å². The number of ether oxygens (including phenoxy) is 1. The molecule has 0 aliphatic carbocycles. The Hall–Kier alpha value is -2.31. The molecule has 0 atom stereocenters. The topological polar surface area (TPSA) is 80.0 Å². The number of carbonyl (C=O) groups excluding carboxylic acids is 1. The highest BCUT2D eigenvalue weighted by atomic mass is 19.1. The van der Waals surface area contributed by atoms with Crippen LogP contribution in [0.1, 0.15) is 25.3 Å².